The highest BCUT2D eigenvalue weighted by molar-refractivity contribution is 6.10. The zero-order valence-corrected chi connectivity index (χ0v) is 19.2. The van der Waals surface area contributed by atoms with Crippen molar-refractivity contribution in [2.45, 2.75) is 12.1 Å². The van der Waals surface area contributed by atoms with Gasteiger partial charge >= 0.3 is 0 Å². The van der Waals surface area contributed by atoms with E-state index in [4.69, 9.17) is 4.74 Å². The highest BCUT2D eigenvalue weighted by Gasteiger charge is 2.37. The number of ether oxygens (including phenoxy) is 1. The van der Waals surface area contributed by atoms with Gasteiger partial charge in [-0.2, -0.15) is 0 Å². The van der Waals surface area contributed by atoms with Crippen LogP contribution < -0.4 is 9.64 Å². The molecule has 2 heterocycles. The second kappa shape index (κ2) is 9.71. The molecular weight excluding hydrogens is 426 g/mol. The first kappa shape index (κ1) is 22.2. The van der Waals surface area contributed by atoms with E-state index in [1.807, 2.05) is 66.7 Å². The van der Waals surface area contributed by atoms with Crippen LogP contribution in [0.2, 0.25) is 0 Å². The number of nitrogens with one attached hydrogen (secondary N) is 1. The molecule has 3 aromatic carbocycles. The topological polar surface area (TPSA) is 68.8 Å². The number of nitrogens with zero attached hydrogens (tertiary/aromatic N) is 2. The van der Waals surface area contributed by atoms with Gasteiger partial charge in [0.1, 0.15) is 11.9 Å². The molecule has 6 nitrogen and oxygen atoms in total. The molecule has 1 saturated heterocycles. The Labute approximate surface area is 199 Å². The average Bonchev–Trinajstić information content (AvgIpc) is 3.34. The Kier molecular flexibility index (Phi) is 6.34. The number of aromatic amines is 1. The van der Waals surface area contributed by atoms with Crippen molar-refractivity contribution in [1.82, 2.24) is 9.88 Å². The van der Waals surface area contributed by atoms with E-state index in [1.165, 1.54) is 5.69 Å². The quantitative estimate of drug-likeness (QED) is 0.407. The molecule has 1 fully saturated rings. The summed E-state index contributed by atoms with van der Waals surface area (Å²) in [6.45, 7) is 3.05. The van der Waals surface area contributed by atoms with E-state index in [-0.39, 0.29) is 5.78 Å². The number of hydrogen-bond acceptors (Lipinski definition) is 5. The second-order valence-corrected chi connectivity index (χ2v) is 8.60. The van der Waals surface area contributed by atoms with Crippen molar-refractivity contribution in [2.24, 2.45) is 0 Å². The summed E-state index contributed by atoms with van der Waals surface area (Å²) in [4.78, 5) is 21.3. The number of piperazine rings is 1. The van der Waals surface area contributed by atoms with Crippen molar-refractivity contribution in [3.63, 3.8) is 0 Å². The van der Waals surface area contributed by atoms with Gasteiger partial charge in [-0.15, -0.1) is 0 Å². The molecule has 1 aliphatic rings. The van der Waals surface area contributed by atoms with E-state index in [1.54, 1.807) is 13.3 Å². The lowest BCUT2D eigenvalue weighted by Gasteiger charge is -2.42. The van der Waals surface area contributed by atoms with E-state index >= 15 is 0 Å². The third-order valence-corrected chi connectivity index (χ3v) is 6.71. The van der Waals surface area contributed by atoms with Crippen molar-refractivity contribution in [2.75, 3.05) is 38.2 Å². The van der Waals surface area contributed by atoms with Gasteiger partial charge in [0.25, 0.3) is 0 Å². The minimum Gasteiger partial charge on any atom is -0.496 e. The first-order valence-corrected chi connectivity index (χ1v) is 11.6. The molecule has 1 aromatic heterocycles. The Balaban J connectivity index is 1.46. The predicted molar refractivity (Wildman–Crippen MR) is 135 cm³/mol. The molecule has 0 spiro atoms. The molecule has 6 heteroatoms. The summed E-state index contributed by atoms with van der Waals surface area (Å²) in [5.74, 6) is 0.377. The minimum atomic E-state index is -1.24. The second-order valence-electron chi connectivity index (χ2n) is 8.60. The molecule has 0 amide bonds. The van der Waals surface area contributed by atoms with Crippen molar-refractivity contribution >= 4 is 22.4 Å². The number of Topliss-reactive ketones (excluding diaryl/α,β-unsaturated/α-hetero) is 1. The summed E-state index contributed by atoms with van der Waals surface area (Å²) in [6, 6.07) is 25.1. The molecule has 0 bridgehead atoms. The number of hydrogen-bond donors (Lipinski definition) is 2. The molecule has 0 radical (unpaired) electrons. The van der Waals surface area contributed by atoms with Gasteiger partial charge in [-0.1, -0.05) is 54.6 Å². The van der Waals surface area contributed by atoms with Gasteiger partial charge in [0.05, 0.1) is 13.2 Å². The predicted octanol–water partition coefficient (Wildman–Crippen LogP) is 4.28. The summed E-state index contributed by atoms with van der Waals surface area (Å²) in [7, 11) is 1.62. The maximum Gasteiger partial charge on any atom is 0.195 e. The number of ketones is 1. The normalized spacial score (nSPS) is 16.4. The van der Waals surface area contributed by atoms with Gasteiger partial charge < -0.3 is 19.7 Å². The van der Waals surface area contributed by atoms with Gasteiger partial charge in [-0.05, 0) is 24.3 Å². The lowest BCUT2D eigenvalue weighted by molar-refractivity contribution is 0.0359. The largest absolute Gasteiger partial charge is 0.496 e. The van der Waals surface area contributed by atoms with Crippen LogP contribution in [0.25, 0.3) is 10.9 Å². The third kappa shape index (κ3) is 4.18. The number of methoxy groups -OCH3 is 1. The maximum absolute atomic E-state index is 13.6. The molecule has 1 aliphatic heterocycles. The van der Waals surface area contributed by atoms with E-state index < -0.39 is 12.1 Å². The molecule has 4 aromatic rings. The molecule has 0 saturated carbocycles. The smallest absolute Gasteiger partial charge is 0.195 e. The highest BCUT2D eigenvalue weighted by atomic mass is 16.5. The van der Waals surface area contributed by atoms with E-state index in [2.05, 4.69) is 26.9 Å². The van der Waals surface area contributed by atoms with Gasteiger partial charge in [0, 0.05) is 60.1 Å². The number of H-pyrrole nitrogens is 1. The summed E-state index contributed by atoms with van der Waals surface area (Å²) >= 11 is 0. The van der Waals surface area contributed by atoms with Crippen molar-refractivity contribution in [1.29, 1.82) is 0 Å². The molecule has 174 valence electrons. The number of fused-ring (bicyclic) bond motifs is 1. The maximum atomic E-state index is 13.6. The standard InChI is InChI=1S/C28H29N3O3/c1-34-25-14-8-6-12-22(25)26(31-17-15-30(16-18-31)20-9-3-2-4-10-20)28(33)27(32)23-19-29-24-13-7-5-11-21(23)24/h2-14,19,26,28-29,33H,15-18H2,1H3/t26-,28+/m0/s1. The monoisotopic (exact) mass is 455 g/mol. The summed E-state index contributed by atoms with van der Waals surface area (Å²) in [6.07, 6.45) is 0.460. The van der Waals surface area contributed by atoms with Crippen LogP contribution in [0.15, 0.2) is 85.1 Å². The highest BCUT2D eigenvalue weighted by Crippen LogP contribution is 2.35. The van der Waals surface area contributed by atoms with E-state index in [0.29, 0.717) is 11.3 Å². The summed E-state index contributed by atoms with van der Waals surface area (Å²) in [5, 5.41) is 12.4. The number of carbonyl (C=O) groups is 1. The number of aliphatic hydroxyl groups is 1. The van der Waals surface area contributed by atoms with Crippen LogP contribution in [0.3, 0.4) is 0 Å². The molecule has 5 rings (SSSR count). The zero-order valence-electron chi connectivity index (χ0n) is 19.2. The Morgan fingerprint density at radius 3 is 2.35 bits per heavy atom. The van der Waals surface area contributed by atoms with Gasteiger partial charge in [0.2, 0.25) is 0 Å². The number of para-hydroxylation sites is 3. The van der Waals surface area contributed by atoms with Crippen molar-refractivity contribution in [3.8, 4) is 5.75 Å². The van der Waals surface area contributed by atoms with Crippen LogP contribution in [0, 0.1) is 0 Å². The first-order chi connectivity index (χ1) is 16.7. The summed E-state index contributed by atoms with van der Waals surface area (Å²) < 4.78 is 5.63. The van der Waals surface area contributed by atoms with Crippen LogP contribution >= 0.6 is 0 Å². The van der Waals surface area contributed by atoms with E-state index in [0.717, 1.165) is 42.6 Å². The van der Waals surface area contributed by atoms with Crippen LogP contribution in [0.1, 0.15) is 22.0 Å². The number of aromatic nitrogens is 1. The Morgan fingerprint density at radius 2 is 1.59 bits per heavy atom. The SMILES string of the molecule is COc1ccccc1[C@@H]([C@@H](O)C(=O)c1c[nH]c2ccccc12)N1CCN(c2ccccc2)CC1. The number of rotatable bonds is 7. The zero-order chi connectivity index (χ0) is 23.5. The first-order valence-electron chi connectivity index (χ1n) is 11.6. The molecule has 2 atom stereocenters. The Morgan fingerprint density at radius 1 is 0.912 bits per heavy atom. The average molecular weight is 456 g/mol. The van der Waals surface area contributed by atoms with Crippen molar-refractivity contribution in [3.05, 3.63) is 96.2 Å². The fraction of sp³-hybridized carbons (Fsp3) is 0.250. The Bertz CT molecular complexity index is 1260. The molecule has 0 aliphatic carbocycles. The lowest BCUT2D eigenvalue weighted by atomic mass is 9.92. The van der Waals surface area contributed by atoms with Gasteiger partial charge in [-0.3, -0.25) is 9.69 Å². The minimum absolute atomic E-state index is 0.293. The van der Waals surface area contributed by atoms with Crippen molar-refractivity contribution < 1.29 is 14.6 Å². The molecule has 0 unspecified atom stereocenters. The lowest BCUT2D eigenvalue weighted by Crippen LogP contribution is -2.51. The van der Waals surface area contributed by atoms with Crippen LogP contribution in [-0.2, 0) is 0 Å². The fourth-order valence-corrected chi connectivity index (χ4v) is 4.95. The van der Waals surface area contributed by atoms with Crippen LogP contribution in [0.5, 0.6) is 5.75 Å². The molecule has 34 heavy (non-hydrogen) atoms. The van der Waals surface area contributed by atoms with Gasteiger partial charge in [-0.25, -0.2) is 0 Å². The molecule has 2 N–H and O–H groups in total. The number of carbonyl (C=O) groups excluding carboxylic acids is 1. The van der Waals surface area contributed by atoms with Gasteiger partial charge in [0.15, 0.2) is 5.78 Å². The number of aliphatic hydroxyl groups excluding tert-OH is 1. The molecular formula is C28H29N3O3. The Hall–Kier alpha value is -3.61. The van der Waals surface area contributed by atoms with E-state index in [9.17, 15) is 9.90 Å². The number of benzene rings is 3. The van der Waals surface area contributed by atoms with Crippen LogP contribution in [0.4, 0.5) is 5.69 Å². The fourth-order valence-electron chi connectivity index (χ4n) is 4.95. The number of anilines is 1. The third-order valence-electron chi connectivity index (χ3n) is 6.71. The van der Waals surface area contributed by atoms with Crippen LogP contribution in [-0.4, -0.2) is 60.2 Å². The summed E-state index contributed by atoms with van der Waals surface area (Å²) in [5.41, 5.74) is 3.39.